The van der Waals surface area contributed by atoms with Crippen LogP contribution in [0.4, 0.5) is 4.79 Å². The van der Waals surface area contributed by atoms with E-state index in [1.807, 2.05) is 19.0 Å². The summed E-state index contributed by atoms with van der Waals surface area (Å²) in [4.78, 5) is 34.4. The number of amides is 2. The highest BCUT2D eigenvalue weighted by Gasteiger charge is 2.22. The fourth-order valence-electron chi connectivity index (χ4n) is 1.17. The Balaban J connectivity index is 3.80. The van der Waals surface area contributed by atoms with Crippen molar-refractivity contribution in [2.45, 2.75) is 12.5 Å². The molecule has 116 valence electrons. The Bertz CT molecular complexity index is 334. The van der Waals surface area contributed by atoms with E-state index < -0.39 is 30.4 Å². The molecule has 9 heteroatoms. The molecule has 0 spiro atoms. The van der Waals surface area contributed by atoms with Gasteiger partial charge in [0.15, 0.2) is 0 Å². The van der Waals surface area contributed by atoms with E-state index in [4.69, 9.17) is 14.9 Å². The van der Waals surface area contributed by atoms with Gasteiger partial charge < -0.3 is 30.5 Å². The number of rotatable bonds is 10. The number of nitrogens with one attached hydrogen (secondary N) is 2. The summed E-state index contributed by atoms with van der Waals surface area (Å²) in [5.74, 6) is -2.70. The molecule has 0 saturated heterocycles. The smallest absolute Gasteiger partial charge is 0.326 e. The maximum Gasteiger partial charge on any atom is 0.326 e. The molecule has 4 N–H and O–H groups in total. The van der Waals surface area contributed by atoms with Crippen LogP contribution < -0.4 is 10.6 Å². The second-order valence-corrected chi connectivity index (χ2v) is 4.30. The van der Waals surface area contributed by atoms with Crippen LogP contribution in [0.5, 0.6) is 0 Å². The second-order valence-electron chi connectivity index (χ2n) is 4.30. The predicted octanol–water partition coefficient (Wildman–Crippen LogP) is -1.21. The summed E-state index contributed by atoms with van der Waals surface area (Å²) in [5.41, 5.74) is 0. The first-order valence-corrected chi connectivity index (χ1v) is 6.04. The molecule has 0 saturated carbocycles. The monoisotopic (exact) mass is 291 g/mol. The van der Waals surface area contributed by atoms with Gasteiger partial charge in [0.1, 0.15) is 6.04 Å². The third-order valence-corrected chi connectivity index (χ3v) is 2.20. The zero-order valence-corrected chi connectivity index (χ0v) is 11.6. The number of carbonyl (C=O) groups excluding carboxylic acids is 1. The molecule has 2 amide bonds. The topological polar surface area (TPSA) is 128 Å². The number of likely N-dealkylation sites (N-methyl/N-ethyl adjacent to an activating group) is 1. The van der Waals surface area contributed by atoms with Gasteiger partial charge in [-0.3, -0.25) is 4.79 Å². The van der Waals surface area contributed by atoms with Crippen LogP contribution in [-0.4, -0.2) is 79.5 Å². The lowest BCUT2D eigenvalue weighted by Crippen LogP contribution is -2.47. The number of nitrogens with zero attached hydrogens (tertiary/aromatic N) is 1. The van der Waals surface area contributed by atoms with Crippen LogP contribution in [0, 0.1) is 0 Å². The van der Waals surface area contributed by atoms with Gasteiger partial charge in [-0.05, 0) is 14.1 Å². The molecule has 0 fully saturated rings. The molecule has 20 heavy (non-hydrogen) atoms. The largest absolute Gasteiger partial charge is 0.481 e. The van der Waals surface area contributed by atoms with Gasteiger partial charge >= 0.3 is 18.0 Å². The average molecular weight is 291 g/mol. The minimum atomic E-state index is -1.46. The quantitative estimate of drug-likeness (QED) is 0.372. The van der Waals surface area contributed by atoms with Gasteiger partial charge in [-0.25, -0.2) is 9.59 Å². The molecule has 0 bridgehead atoms. The highest BCUT2D eigenvalue weighted by molar-refractivity contribution is 5.86. The molecular formula is C11H21N3O6. The number of carbonyl (C=O) groups is 3. The number of ether oxygens (including phenoxy) is 1. The Kier molecular flexibility index (Phi) is 9.05. The fraction of sp³-hybridized carbons (Fsp3) is 0.727. The number of urea groups is 1. The summed E-state index contributed by atoms with van der Waals surface area (Å²) in [6, 6.07) is -2.20. The number of carboxylic acids is 2. The number of carboxylic acid groups (broad SMARTS) is 2. The average Bonchev–Trinajstić information content (AvgIpc) is 2.31. The molecule has 0 aliphatic carbocycles. The number of aliphatic carboxylic acids is 2. The van der Waals surface area contributed by atoms with Gasteiger partial charge in [0, 0.05) is 13.1 Å². The number of hydrogen-bond donors (Lipinski definition) is 4. The first kappa shape index (κ1) is 18.1. The summed E-state index contributed by atoms with van der Waals surface area (Å²) >= 11 is 0. The van der Waals surface area contributed by atoms with E-state index in [1.165, 1.54) is 0 Å². The molecule has 9 nitrogen and oxygen atoms in total. The van der Waals surface area contributed by atoms with Crippen LogP contribution in [0.1, 0.15) is 6.42 Å². The summed E-state index contributed by atoms with van der Waals surface area (Å²) in [5, 5.41) is 21.7. The molecule has 1 atom stereocenters. The highest BCUT2D eigenvalue weighted by Crippen LogP contribution is 1.92. The van der Waals surface area contributed by atoms with Crippen molar-refractivity contribution in [3.05, 3.63) is 0 Å². The SMILES string of the molecule is CN(C)CCOCCNC(=O)NC(CC(=O)O)C(=O)O. The lowest BCUT2D eigenvalue weighted by Gasteiger charge is -2.13. The normalized spacial score (nSPS) is 11.9. The van der Waals surface area contributed by atoms with Crippen LogP contribution in [0.3, 0.4) is 0 Å². The van der Waals surface area contributed by atoms with Gasteiger partial charge in [0.2, 0.25) is 0 Å². The van der Waals surface area contributed by atoms with Crippen LogP contribution >= 0.6 is 0 Å². The molecule has 0 aromatic heterocycles. The molecule has 0 aromatic carbocycles. The van der Waals surface area contributed by atoms with Crippen molar-refractivity contribution in [2.24, 2.45) is 0 Å². The van der Waals surface area contributed by atoms with Gasteiger partial charge in [0.25, 0.3) is 0 Å². The van der Waals surface area contributed by atoms with E-state index >= 15 is 0 Å². The van der Waals surface area contributed by atoms with Gasteiger partial charge in [-0.15, -0.1) is 0 Å². The third-order valence-electron chi connectivity index (χ3n) is 2.20. The van der Waals surface area contributed by atoms with Crippen molar-refractivity contribution in [3.63, 3.8) is 0 Å². The first-order valence-electron chi connectivity index (χ1n) is 6.04. The van der Waals surface area contributed by atoms with Crippen molar-refractivity contribution in [1.82, 2.24) is 15.5 Å². The summed E-state index contributed by atoms with van der Waals surface area (Å²) in [6.45, 7) is 1.77. The standard InChI is InChI=1S/C11H21N3O6/c1-14(2)4-6-20-5-3-12-11(19)13-8(10(17)18)7-9(15)16/h8H,3-7H2,1-2H3,(H,15,16)(H,17,18)(H2,12,13,19). The minimum Gasteiger partial charge on any atom is -0.481 e. The zero-order valence-electron chi connectivity index (χ0n) is 11.6. The van der Waals surface area contributed by atoms with E-state index in [1.54, 1.807) is 0 Å². The van der Waals surface area contributed by atoms with Crippen LogP contribution in [0.15, 0.2) is 0 Å². The Morgan fingerprint density at radius 1 is 1.20 bits per heavy atom. The van der Waals surface area contributed by atoms with Crippen molar-refractivity contribution < 1.29 is 29.3 Å². The van der Waals surface area contributed by atoms with Gasteiger partial charge in [-0.2, -0.15) is 0 Å². The molecule has 1 unspecified atom stereocenters. The predicted molar refractivity (Wildman–Crippen MR) is 69.6 cm³/mol. The highest BCUT2D eigenvalue weighted by atomic mass is 16.5. The molecular weight excluding hydrogens is 270 g/mol. The molecule has 0 aromatic rings. The third kappa shape index (κ3) is 10.1. The summed E-state index contributed by atoms with van der Waals surface area (Å²) in [7, 11) is 3.81. The van der Waals surface area contributed by atoms with E-state index in [0.717, 1.165) is 6.54 Å². The van der Waals surface area contributed by atoms with Gasteiger partial charge in [0.05, 0.1) is 19.6 Å². The Hall–Kier alpha value is -1.87. The molecule has 0 rings (SSSR count). The van der Waals surface area contributed by atoms with E-state index in [0.29, 0.717) is 6.61 Å². The lowest BCUT2D eigenvalue weighted by molar-refractivity contribution is -0.145. The first-order chi connectivity index (χ1) is 9.32. The van der Waals surface area contributed by atoms with Crippen LogP contribution in [0.2, 0.25) is 0 Å². The number of hydrogen-bond acceptors (Lipinski definition) is 5. The minimum absolute atomic E-state index is 0.207. The summed E-state index contributed by atoms with van der Waals surface area (Å²) in [6.07, 6.45) is -0.678. The van der Waals surface area contributed by atoms with E-state index in [2.05, 4.69) is 10.6 Å². The van der Waals surface area contributed by atoms with E-state index in [-0.39, 0.29) is 13.2 Å². The van der Waals surface area contributed by atoms with Crippen LogP contribution in [-0.2, 0) is 14.3 Å². The lowest BCUT2D eigenvalue weighted by atomic mass is 10.2. The Morgan fingerprint density at radius 3 is 2.35 bits per heavy atom. The van der Waals surface area contributed by atoms with Gasteiger partial charge in [-0.1, -0.05) is 0 Å². The molecule has 0 radical (unpaired) electrons. The van der Waals surface area contributed by atoms with E-state index in [9.17, 15) is 14.4 Å². The maximum absolute atomic E-state index is 11.3. The van der Waals surface area contributed by atoms with Crippen molar-refractivity contribution in [3.8, 4) is 0 Å². The zero-order chi connectivity index (χ0) is 15.5. The molecule has 0 aliphatic rings. The van der Waals surface area contributed by atoms with Crippen LogP contribution in [0.25, 0.3) is 0 Å². The second kappa shape index (κ2) is 9.98. The fourth-order valence-corrected chi connectivity index (χ4v) is 1.17. The maximum atomic E-state index is 11.3. The van der Waals surface area contributed by atoms with Crippen molar-refractivity contribution in [2.75, 3.05) is 40.4 Å². The van der Waals surface area contributed by atoms with Crippen molar-refractivity contribution >= 4 is 18.0 Å². The Morgan fingerprint density at radius 2 is 1.85 bits per heavy atom. The molecule has 0 aliphatic heterocycles. The summed E-state index contributed by atoms with van der Waals surface area (Å²) < 4.78 is 5.22. The van der Waals surface area contributed by atoms with Crippen molar-refractivity contribution in [1.29, 1.82) is 0 Å². The Labute approximate surface area is 116 Å². The molecule has 0 heterocycles.